The lowest BCUT2D eigenvalue weighted by Crippen LogP contribution is -2.68. The van der Waals surface area contributed by atoms with E-state index in [2.05, 4.69) is 5.73 Å². The molecule has 3 N–H and O–H groups in total. The van der Waals surface area contributed by atoms with Gasteiger partial charge in [0, 0.05) is 20.0 Å². The minimum absolute atomic E-state index is 0.0596. The van der Waals surface area contributed by atoms with Crippen LogP contribution in [0.2, 0.25) is 0 Å². The predicted molar refractivity (Wildman–Crippen MR) is 97.7 cm³/mol. The zero-order valence-corrected chi connectivity index (χ0v) is 15.2. The van der Waals surface area contributed by atoms with Gasteiger partial charge in [0.2, 0.25) is 0 Å². The fourth-order valence-corrected chi connectivity index (χ4v) is 2.74. The van der Waals surface area contributed by atoms with Crippen molar-refractivity contribution in [2.24, 2.45) is 0 Å². The van der Waals surface area contributed by atoms with E-state index in [9.17, 15) is 4.79 Å². The highest BCUT2D eigenvalue weighted by Crippen LogP contribution is 2.27. The number of nitrogens with zero attached hydrogens (tertiary/aromatic N) is 1. The van der Waals surface area contributed by atoms with Crippen molar-refractivity contribution < 1.29 is 20.0 Å². The minimum Gasteiger partial charge on any atom is -0.493 e. The quantitative estimate of drug-likeness (QED) is 0.791. The average Bonchev–Trinajstić information content (AvgIpc) is 2.65. The summed E-state index contributed by atoms with van der Waals surface area (Å²) < 4.78 is 10.6. The lowest BCUT2D eigenvalue weighted by molar-refractivity contribution is -0.405. The van der Waals surface area contributed by atoms with Gasteiger partial charge in [-0.05, 0) is 29.7 Å². The molecule has 1 amide bonds. The van der Waals surface area contributed by atoms with Crippen molar-refractivity contribution >= 4 is 5.91 Å². The Morgan fingerprint density at radius 3 is 2.36 bits per heavy atom. The van der Waals surface area contributed by atoms with E-state index in [1.807, 2.05) is 55.6 Å². The molecule has 0 aliphatic rings. The first kappa shape index (κ1) is 18.8. The van der Waals surface area contributed by atoms with E-state index in [1.54, 1.807) is 19.1 Å². The number of methoxy groups -OCH3 is 2. The average molecular weight is 343 g/mol. The van der Waals surface area contributed by atoms with Gasteiger partial charge in [-0.3, -0.25) is 4.79 Å². The third-order valence-electron chi connectivity index (χ3n) is 4.23. The molecule has 2 rings (SSSR count). The third-order valence-corrected chi connectivity index (χ3v) is 4.23. The van der Waals surface area contributed by atoms with E-state index in [0.717, 1.165) is 17.5 Å². The molecule has 0 aliphatic carbocycles. The number of amides is 1. The Hall–Kier alpha value is -2.53. The van der Waals surface area contributed by atoms with Crippen LogP contribution in [0.25, 0.3) is 0 Å². The molecule has 0 bridgehead atoms. The van der Waals surface area contributed by atoms with Crippen molar-refractivity contribution in [3.05, 3.63) is 59.7 Å². The van der Waals surface area contributed by atoms with Crippen molar-refractivity contribution in [2.75, 3.05) is 27.8 Å². The van der Waals surface area contributed by atoms with Crippen LogP contribution in [-0.2, 0) is 17.6 Å². The second kappa shape index (κ2) is 9.08. The van der Waals surface area contributed by atoms with Gasteiger partial charge in [-0.15, -0.1) is 0 Å². The number of carbonyl (C=O) groups is 1. The third kappa shape index (κ3) is 5.22. The van der Waals surface area contributed by atoms with Crippen molar-refractivity contribution in [2.45, 2.75) is 18.9 Å². The summed E-state index contributed by atoms with van der Waals surface area (Å²) in [4.78, 5) is 14.3. The van der Waals surface area contributed by atoms with E-state index >= 15 is 0 Å². The van der Waals surface area contributed by atoms with E-state index in [1.165, 1.54) is 0 Å². The normalized spacial score (nSPS) is 11.7. The van der Waals surface area contributed by atoms with Crippen LogP contribution >= 0.6 is 0 Å². The molecule has 0 saturated heterocycles. The van der Waals surface area contributed by atoms with E-state index < -0.39 is 0 Å². The van der Waals surface area contributed by atoms with Gasteiger partial charge in [-0.25, -0.2) is 0 Å². The molecule has 134 valence electrons. The van der Waals surface area contributed by atoms with Gasteiger partial charge < -0.3 is 20.1 Å². The molecule has 2 aromatic rings. The predicted octanol–water partition coefficient (Wildman–Crippen LogP) is 1.56. The maximum Gasteiger partial charge on any atom is 0.280 e. The summed E-state index contributed by atoms with van der Waals surface area (Å²) in [6, 6.07) is 15.5. The van der Waals surface area contributed by atoms with Gasteiger partial charge >= 0.3 is 0 Å². The Morgan fingerprint density at radius 2 is 1.72 bits per heavy atom. The van der Waals surface area contributed by atoms with E-state index in [4.69, 9.17) is 9.47 Å². The fraction of sp³-hybridized carbons (Fsp3) is 0.350. The number of ether oxygens (including phenoxy) is 2. The number of quaternary nitrogens is 1. The van der Waals surface area contributed by atoms with Crippen LogP contribution in [0, 0.1) is 0 Å². The first-order valence-corrected chi connectivity index (χ1v) is 8.38. The van der Waals surface area contributed by atoms with Crippen LogP contribution in [0.15, 0.2) is 48.5 Å². The van der Waals surface area contributed by atoms with Gasteiger partial charge in [0.05, 0.1) is 14.2 Å². The summed E-state index contributed by atoms with van der Waals surface area (Å²) in [5.74, 6) is 1.47. The van der Waals surface area contributed by atoms with Crippen molar-refractivity contribution in [3.63, 3.8) is 0 Å². The summed E-state index contributed by atoms with van der Waals surface area (Å²) in [6.07, 6.45) is 1.40. The number of benzene rings is 2. The Labute approximate surface area is 149 Å². The standard InChI is InChI=1S/C20H26N2O3/c1-22(20(23)17(21)13-15-7-5-4-6-8-15)12-11-16-9-10-18(24-2)19(14-16)25-3/h4-10,14,17H,11-13,21H2,1-3H3/p+1/t17-/m0/s1. The Balaban J connectivity index is 1.90. The number of hydrogen-bond acceptors (Lipinski definition) is 3. The summed E-state index contributed by atoms with van der Waals surface area (Å²) >= 11 is 0. The van der Waals surface area contributed by atoms with Crippen LogP contribution in [-0.4, -0.2) is 44.7 Å². The Morgan fingerprint density at radius 1 is 1.04 bits per heavy atom. The van der Waals surface area contributed by atoms with Crippen molar-refractivity contribution in [1.29, 1.82) is 0 Å². The van der Waals surface area contributed by atoms with Crippen LogP contribution < -0.4 is 15.2 Å². The molecule has 1 atom stereocenters. The summed E-state index contributed by atoms with van der Waals surface area (Å²) in [5.41, 5.74) is 6.26. The first-order valence-electron chi connectivity index (χ1n) is 8.38. The van der Waals surface area contributed by atoms with E-state index in [0.29, 0.717) is 24.5 Å². The highest BCUT2D eigenvalue weighted by molar-refractivity contribution is 5.80. The molecule has 0 spiro atoms. The van der Waals surface area contributed by atoms with Crippen LogP contribution in [0.5, 0.6) is 11.5 Å². The fourth-order valence-electron chi connectivity index (χ4n) is 2.74. The molecule has 0 aromatic heterocycles. The summed E-state index contributed by atoms with van der Waals surface area (Å²) in [7, 11) is 5.06. The monoisotopic (exact) mass is 343 g/mol. The molecular weight excluding hydrogens is 316 g/mol. The maximum absolute atomic E-state index is 12.5. The summed E-state index contributed by atoms with van der Waals surface area (Å²) in [6.45, 7) is 0.634. The molecule has 0 fully saturated rings. The van der Waals surface area contributed by atoms with Gasteiger partial charge in [-0.2, -0.15) is 0 Å². The molecule has 0 aliphatic heterocycles. The van der Waals surface area contributed by atoms with Gasteiger partial charge in [0.15, 0.2) is 17.5 Å². The molecule has 5 heteroatoms. The minimum atomic E-state index is -0.280. The Kier molecular flexibility index (Phi) is 6.83. The maximum atomic E-state index is 12.5. The van der Waals surface area contributed by atoms with Crippen LogP contribution in [0.4, 0.5) is 0 Å². The highest BCUT2D eigenvalue weighted by Gasteiger charge is 2.21. The van der Waals surface area contributed by atoms with Crippen molar-refractivity contribution in [3.8, 4) is 11.5 Å². The Bertz CT molecular complexity index is 689. The lowest BCUT2D eigenvalue weighted by Gasteiger charge is -2.20. The largest absolute Gasteiger partial charge is 0.493 e. The zero-order chi connectivity index (χ0) is 18.2. The second-order valence-corrected chi connectivity index (χ2v) is 6.09. The molecular formula is C20H27N2O3+. The molecule has 2 aromatic carbocycles. The number of rotatable bonds is 8. The van der Waals surface area contributed by atoms with E-state index in [-0.39, 0.29) is 11.9 Å². The number of carbonyl (C=O) groups excluding carboxylic acids is 1. The molecule has 5 nitrogen and oxygen atoms in total. The molecule has 0 heterocycles. The smallest absolute Gasteiger partial charge is 0.280 e. The second-order valence-electron chi connectivity index (χ2n) is 6.09. The molecule has 25 heavy (non-hydrogen) atoms. The van der Waals surface area contributed by atoms with Crippen LogP contribution in [0.1, 0.15) is 11.1 Å². The lowest BCUT2D eigenvalue weighted by atomic mass is 10.1. The van der Waals surface area contributed by atoms with Crippen LogP contribution in [0.3, 0.4) is 0 Å². The molecule has 0 radical (unpaired) electrons. The number of likely N-dealkylation sites (N-methyl/N-ethyl adjacent to an activating group) is 1. The first-order chi connectivity index (χ1) is 12.0. The highest BCUT2D eigenvalue weighted by atomic mass is 16.5. The SMILES string of the molecule is COc1ccc(CCN(C)C(=O)[C@@H]([NH3+])Cc2ccccc2)cc1OC. The summed E-state index contributed by atoms with van der Waals surface area (Å²) in [5, 5.41) is 0. The van der Waals surface area contributed by atoms with Gasteiger partial charge in [0.25, 0.3) is 5.91 Å². The van der Waals surface area contributed by atoms with Gasteiger partial charge in [0.1, 0.15) is 0 Å². The van der Waals surface area contributed by atoms with Gasteiger partial charge in [-0.1, -0.05) is 36.4 Å². The molecule has 0 unspecified atom stereocenters. The number of hydrogen-bond donors (Lipinski definition) is 1. The zero-order valence-electron chi connectivity index (χ0n) is 15.2. The molecule has 0 saturated carbocycles. The topological polar surface area (TPSA) is 66.4 Å². The van der Waals surface area contributed by atoms with Crippen molar-refractivity contribution in [1.82, 2.24) is 4.90 Å².